The lowest BCUT2D eigenvalue weighted by atomic mass is 10.0. The van der Waals surface area contributed by atoms with Gasteiger partial charge in [0.05, 0.1) is 5.02 Å². The summed E-state index contributed by atoms with van der Waals surface area (Å²) in [6.45, 7) is 2.03. The van der Waals surface area contributed by atoms with Gasteiger partial charge >= 0.3 is 0 Å². The number of hydrogen-bond donors (Lipinski definition) is 1. The van der Waals surface area contributed by atoms with Crippen LogP contribution in [0.4, 0.5) is 4.39 Å². The summed E-state index contributed by atoms with van der Waals surface area (Å²) in [4.78, 5) is 1.13. The summed E-state index contributed by atoms with van der Waals surface area (Å²) in [7, 11) is 0. The Labute approximate surface area is 109 Å². The van der Waals surface area contributed by atoms with Crippen LogP contribution >= 0.6 is 22.9 Å². The summed E-state index contributed by atoms with van der Waals surface area (Å²) in [5.74, 6) is -0.390. The second-order valence-corrected chi connectivity index (χ2v) is 5.32. The maximum atomic E-state index is 13.3. The van der Waals surface area contributed by atoms with Crippen molar-refractivity contribution in [2.45, 2.75) is 19.4 Å². The van der Waals surface area contributed by atoms with E-state index in [2.05, 4.69) is 0 Å². The van der Waals surface area contributed by atoms with E-state index in [0.29, 0.717) is 6.42 Å². The zero-order valence-corrected chi connectivity index (χ0v) is 11.0. The Balaban J connectivity index is 2.22. The van der Waals surface area contributed by atoms with Crippen molar-refractivity contribution in [3.8, 4) is 0 Å². The average molecular weight is 270 g/mol. The van der Waals surface area contributed by atoms with Gasteiger partial charge in [0.2, 0.25) is 0 Å². The number of rotatable bonds is 3. The second kappa shape index (κ2) is 5.17. The van der Waals surface area contributed by atoms with Gasteiger partial charge in [-0.2, -0.15) is 0 Å². The Morgan fingerprint density at radius 2 is 2.18 bits per heavy atom. The summed E-state index contributed by atoms with van der Waals surface area (Å²) in [5, 5.41) is 2.19. The highest BCUT2D eigenvalue weighted by Gasteiger charge is 2.14. The first kappa shape index (κ1) is 12.6. The molecule has 1 atom stereocenters. The molecule has 0 bridgehead atoms. The molecule has 0 aliphatic heterocycles. The van der Waals surface area contributed by atoms with E-state index in [1.807, 2.05) is 24.4 Å². The Bertz CT molecular complexity index is 524. The van der Waals surface area contributed by atoms with E-state index in [9.17, 15) is 4.39 Å². The summed E-state index contributed by atoms with van der Waals surface area (Å²) in [6.07, 6.45) is 0.554. The summed E-state index contributed by atoms with van der Waals surface area (Å²) < 4.78 is 13.3. The Morgan fingerprint density at radius 3 is 2.82 bits per heavy atom. The lowest BCUT2D eigenvalue weighted by molar-refractivity contribution is 0.623. The minimum atomic E-state index is -0.390. The number of aryl methyl sites for hydroxylation is 1. The Morgan fingerprint density at radius 1 is 1.41 bits per heavy atom. The minimum Gasteiger partial charge on any atom is -0.323 e. The highest BCUT2D eigenvalue weighted by atomic mass is 35.5. The van der Waals surface area contributed by atoms with Gasteiger partial charge in [0.25, 0.3) is 0 Å². The fourth-order valence-corrected chi connectivity index (χ4v) is 2.93. The van der Waals surface area contributed by atoms with Gasteiger partial charge in [0.1, 0.15) is 5.82 Å². The molecule has 4 heteroatoms. The average Bonchev–Trinajstić information content (AvgIpc) is 2.71. The van der Waals surface area contributed by atoms with Crippen molar-refractivity contribution >= 4 is 22.9 Å². The van der Waals surface area contributed by atoms with Crippen molar-refractivity contribution in [1.82, 2.24) is 0 Å². The van der Waals surface area contributed by atoms with Crippen LogP contribution < -0.4 is 5.73 Å². The third-order valence-corrected chi connectivity index (χ3v) is 4.28. The molecule has 90 valence electrons. The van der Waals surface area contributed by atoms with E-state index in [1.54, 1.807) is 17.4 Å². The molecule has 1 aromatic carbocycles. The van der Waals surface area contributed by atoms with E-state index < -0.39 is 0 Å². The number of hydrogen-bond acceptors (Lipinski definition) is 2. The lowest BCUT2D eigenvalue weighted by Gasteiger charge is -2.12. The zero-order chi connectivity index (χ0) is 12.4. The second-order valence-electron chi connectivity index (χ2n) is 3.99. The molecule has 17 heavy (non-hydrogen) atoms. The molecule has 2 aromatic rings. The molecular weight excluding hydrogens is 257 g/mol. The van der Waals surface area contributed by atoms with E-state index in [4.69, 9.17) is 17.3 Å². The smallest absolute Gasteiger partial charge is 0.142 e. The molecule has 0 aliphatic rings. The highest BCUT2D eigenvalue weighted by molar-refractivity contribution is 7.10. The number of benzene rings is 1. The molecule has 0 aliphatic carbocycles. The third kappa shape index (κ3) is 2.68. The number of halogens is 2. The van der Waals surface area contributed by atoms with E-state index in [0.717, 1.165) is 10.4 Å². The molecule has 2 N–H and O–H groups in total. The maximum absolute atomic E-state index is 13.3. The molecule has 1 unspecified atom stereocenters. The summed E-state index contributed by atoms with van der Waals surface area (Å²) >= 11 is 7.54. The van der Waals surface area contributed by atoms with Crippen LogP contribution in [-0.2, 0) is 6.42 Å². The van der Waals surface area contributed by atoms with Crippen molar-refractivity contribution in [3.63, 3.8) is 0 Å². The zero-order valence-electron chi connectivity index (χ0n) is 9.41. The van der Waals surface area contributed by atoms with Gasteiger partial charge in [-0.3, -0.25) is 0 Å². The Kier molecular flexibility index (Phi) is 3.82. The van der Waals surface area contributed by atoms with Crippen LogP contribution in [0.1, 0.15) is 22.0 Å². The lowest BCUT2D eigenvalue weighted by Crippen LogP contribution is -2.13. The topological polar surface area (TPSA) is 26.0 Å². The normalized spacial score (nSPS) is 12.7. The van der Waals surface area contributed by atoms with Gasteiger partial charge < -0.3 is 5.73 Å². The van der Waals surface area contributed by atoms with E-state index in [-0.39, 0.29) is 16.9 Å². The monoisotopic (exact) mass is 269 g/mol. The van der Waals surface area contributed by atoms with Crippen LogP contribution in [0.25, 0.3) is 0 Å². The van der Waals surface area contributed by atoms with Crippen LogP contribution in [0.15, 0.2) is 29.6 Å². The predicted molar refractivity (Wildman–Crippen MR) is 71.1 cm³/mol. The van der Waals surface area contributed by atoms with Gasteiger partial charge in [-0.1, -0.05) is 23.7 Å². The van der Waals surface area contributed by atoms with Gasteiger partial charge in [-0.15, -0.1) is 11.3 Å². The predicted octanol–water partition coefficient (Wildman–Crippen LogP) is 4.09. The fourth-order valence-electron chi connectivity index (χ4n) is 1.80. The van der Waals surface area contributed by atoms with Crippen LogP contribution in [0.2, 0.25) is 5.02 Å². The largest absolute Gasteiger partial charge is 0.323 e. The summed E-state index contributed by atoms with van der Waals surface area (Å²) in [6, 6.07) is 6.73. The minimum absolute atomic E-state index is 0.130. The van der Waals surface area contributed by atoms with Gasteiger partial charge in [-0.25, -0.2) is 4.39 Å². The first-order valence-corrected chi connectivity index (χ1v) is 6.58. The molecule has 2 rings (SSSR count). The highest BCUT2D eigenvalue weighted by Crippen LogP contribution is 2.28. The van der Waals surface area contributed by atoms with Crippen molar-refractivity contribution in [2.75, 3.05) is 0 Å². The van der Waals surface area contributed by atoms with Crippen molar-refractivity contribution in [3.05, 3.63) is 56.5 Å². The van der Waals surface area contributed by atoms with Crippen molar-refractivity contribution in [1.29, 1.82) is 0 Å². The van der Waals surface area contributed by atoms with Crippen molar-refractivity contribution < 1.29 is 4.39 Å². The summed E-state index contributed by atoms with van der Waals surface area (Å²) in [5.41, 5.74) is 8.05. The third-order valence-electron chi connectivity index (χ3n) is 2.71. The first-order valence-electron chi connectivity index (χ1n) is 5.32. The fraction of sp³-hybridized carbons (Fsp3) is 0.231. The van der Waals surface area contributed by atoms with Gasteiger partial charge in [-0.05, 0) is 42.0 Å². The number of thiophene rings is 1. The Hall–Kier alpha value is -0.900. The standard InChI is InChI=1S/C13H13ClFNS/c1-8-5-6-17-13(8)11(16)7-9-3-2-4-10(15)12(9)14/h2-6,11H,7,16H2,1H3. The molecule has 0 radical (unpaired) electrons. The molecule has 0 saturated carbocycles. The molecule has 1 heterocycles. The molecular formula is C13H13ClFNS. The van der Waals surface area contributed by atoms with E-state index in [1.165, 1.54) is 11.6 Å². The SMILES string of the molecule is Cc1ccsc1C(N)Cc1cccc(F)c1Cl. The number of nitrogens with two attached hydrogens (primary N) is 1. The van der Waals surface area contributed by atoms with Crippen LogP contribution in [0.3, 0.4) is 0 Å². The maximum Gasteiger partial charge on any atom is 0.142 e. The molecule has 1 nitrogen and oxygen atoms in total. The van der Waals surface area contributed by atoms with Crippen LogP contribution in [-0.4, -0.2) is 0 Å². The van der Waals surface area contributed by atoms with E-state index >= 15 is 0 Å². The first-order chi connectivity index (χ1) is 8.09. The molecule has 0 amide bonds. The quantitative estimate of drug-likeness (QED) is 0.892. The van der Waals surface area contributed by atoms with Crippen LogP contribution in [0, 0.1) is 12.7 Å². The van der Waals surface area contributed by atoms with Crippen molar-refractivity contribution in [2.24, 2.45) is 5.73 Å². The molecule has 0 spiro atoms. The molecule has 0 fully saturated rings. The molecule has 1 aromatic heterocycles. The van der Waals surface area contributed by atoms with Gasteiger partial charge in [0.15, 0.2) is 0 Å². The molecule has 0 saturated heterocycles. The van der Waals surface area contributed by atoms with Gasteiger partial charge in [0, 0.05) is 10.9 Å². The van der Waals surface area contributed by atoms with Crippen LogP contribution in [0.5, 0.6) is 0 Å².